The first kappa shape index (κ1) is 22.7. The van der Waals surface area contributed by atoms with Crippen LogP contribution in [0.15, 0.2) is 58.1 Å². The highest BCUT2D eigenvalue weighted by Crippen LogP contribution is 2.25. The molecule has 2 aromatic carbocycles. The lowest BCUT2D eigenvalue weighted by molar-refractivity contribution is -0.116. The van der Waals surface area contributed by atoms with Crippen LogP contribution in [0.4, 0.5) is 5.69 Å². The Morgan fingerprint density at radius 3 is 2.78 bits per heavy atom. The average molecular weight is 497 g/mol. The first-order valence-corrected chi connectivity index (χ1v) is 12.0. The zero-order valence-electron chi connectivity index (χ0n) is 18.4. The van der Waals surface area contributed by atoms with Gasteiger partial charge in [0.1, 0.15) is 0 Å². The van der Waals surface area contributed by atoms with Crippen molar-refractivity contribution in [3.63, 3.8) is 0 Å². The molecular weight excluding hydrogens is 468 g/mol. The topological polar surface area (TPSA) is 67.2 Å². The Balaban J connectivity index is 1.40. The number of benzene rings is 2. The summed E-state index contributed by atoms with van der Waals surface area (Å²) in [6, 6.07) is 14.0. The lowest BCUT2D eigenvalue weighted by Crippen LogP contribution is -2.33. The standard InChI is InChI=1S/C25H29BrN4O2/c1-29(20-8-3-2-4-9-20)16-18-7-5-6-10-22(18)28-24(31)13-14-30-17-27-23-12-11-19(26)15-21(23)25(30)32/h5-7,10-12,15,17,20H,2-4,8-9,13-14,16H2,1H3,(H,28,31). The smallest absolute Gasteiger partial charge is 0.261 e. The summed E-state index contributed by atoms with van der Waals surface area (Å²) < 4.78 is 2.33. The number of carbonyl (C=O) groups excluding carboxylic acids is 1. The summed E-state index contributed by atoms with van der Waals surface area (Å²) in [4.78, 5) is 32.2. The molecule has 6 nitrogen and oxygen atoms in total. The summed E-state index contributed by atoms with van der Waals surface area (Å²) in [7, 11) is 2.17. The minimum absolute atomic E-state index is 0.112. The van der Waals surface area contributed by atoms with E-state index in [9.17, 15) is 9.59 Å². The highest BCUT2D eigenvalue weighted by molar-refractivity contribution is 9.10. The number of rotatable bonds is 7. The number of hydrogen-bond acceptors (Lipinski definition) is 4. The second-order valence-corrected chi connectivity index (χ2v) is 9.48. The fourth-order valence-electron chi connectivity index (χ4n) is 4.42. The van der Waals surface area contributed by atoms with Crippen molar-refractivity contribution in [3.8, 4) is 0 Å². The van der Waals surface area contributed by atoms with Gasteiger partial charge in [0.15, 0.2) is 0 Å². The Labute approximate surface area is 196 Å². The number of carbonyl (C=O) groups is 1. The fraction of sp³-hybridized carbons (Fsp3) is 0.400. The number of anilines is 1. The number of aromatic nitrogens is 2. The Kier molecular flexibility index (Phi) is 7.37. The van der Waals surface area contributed by atoms with Crippen LogP contribution in [0.5, 0.6) is 0 Å². The number of nitrogens with one attached hydrogen (secondary N) is 1. The van der Waals surface area contributed by atoms with Gasteiger partial charge in [-0.3, -0.25) is 19.1 Å². The van der Waals surface area contributed by atoms with Gasteiger partial charge in [-0.25, -0.2) is 4.98 Å². The number of fused-ring (bicyclic) bond motifs is 1. The van der Waals surface area contributed by atoms with Crippen molar-refractivity contribution in [1.29, 1.82) is 0 Å². The maximum Gasteiger partial charge on any atom is 0.261 e. The van der Waals surface area contributed by atoms with Gasteiger partial charge in [-0.2, -0.15) is 0 Å². The van der Waals surface area contributed by atoms with E-state index in [2.05, 4.69) is 44.2 Å². The van der Waals surface area contributed by atoms with Crippen LogP contribution < -0.4 is 10.9 Å². The Hall–Kier alpha value is -2.51. The van der Waals surface area contributed by atoms with Gasteiger partial charge in [0.25, 0.3) is 5.56 Å². The second kappa shape index (κ2) is 10.4. The van der Waals surface area contributed by atoms with E-state index in [1.165, 1.54) is 43.0 Å². The summed E-state index contributed by atoms with van der Waals surface area (Å²) in [6.45, 7) is 1.09. The maximum atomic E-state index is 12.7. The molecular formula is C25H29BrN4O2. The Morgan fingerprint density at radius 2 is 1.97 bits per heavy atom. The molecule has 3 aromatic rings. The molecule has 0 bridgehead atoms. The predicted octanol–water partition coefficient (Wildman–Crippen LogP) is 4.95. The number of amides is 1. The molecule has 0 atom stereocenters. The van der Waals surface area contributed by atoms with Gasteiger partial charge in [-0.05, 0) is 49.7 Å². The van der Waals surface area contributed by atoms with Crippen LogP contribution >= 0.6 is 15.9 Å². The van der Waals surface area contributed by atoms with E-state index >= 15 is 0 Å². The van der Waals surface area contributed by atoms with E-state index in [-0.39, 0.29) is 24.4 Å². The van der Waals surface area contributed by atoms with Gasteiger partial charge in [0.05, 0.1) is 17.2 Å². The van der Waals surface area contributed by atoms with E-state index in [0.717, 1.165) is 22.3 Å². The van der Waals surface area contributed by atoms with Gasteiger partial charge in [0, 0.05) is 35.7 Å². The molecule has 1 saturated carbocycles. The van der Waals surface area contributed by atoms with Crippen molar-refractivity contribution >= 4 is 38.4 Å². The highest BCUT2D eigenvalue weighted by Gasteiger charge is 2.19. The predicted molar refractivity (Wildman–Crippen MR) is 132 cm³/mol. The number of halogens is 1. The number of aryl methyl sites for hydroxylation is 1. The third-order valence-corrected chi connectivity index (χ3v) is 6.77. The van der Waals surface area contributed by atoms with E-state index < -0.39 is 0 Å². The van der Waals surface area contributed by atoms with E-state index in [4.69, 9.17) is 0 Å². The largest absolute Gasteiger partial charge is 0.326 e. The van der Waals surface area contributed by atoms with E-state index in [1.54, 1.807) is 12.1 Å². The van der Waals surface area contributed by atoms with Crippen LogP contribution in [0, 0.1) is 0 Å². The molecule has 7 heteroatoms. The highest BCUT2D eigenvalue weighted by atomic mass is 79.9. The summed E-state index contributed by atoms with van der Waals surface area (Å²) in [5, 5.41) is 3.59. The van der Waals surface area contributed by atoms with Crippen molar-refractivity contribution in [1.82, 2.24) is 14.5 Å². The van der Waals surface area contributed by atoms with Crippen molar-refractivity contribution in [2.45, 2.75) is 57.7 Å². The molecule has 4 rings (SSSR count). The number of para-hydroxylation sites is 1. The maximum absolute atomic E-state index is 12.7. The molecule has 1 aromatic heterocycles. The monoisotopic (exact) mass is 496 g/mol. The van der Waals surface area contributed by atoms with E-state index in [1.807, 2.05) is 24.3 Å². The minimum Gasteiger partial charge on any atom is -0.326 e. The molecule has 0 unspecified atom stereocenters. The summed E-state index contributed by atoms with van der Waals surface area (Å²) >= 11 is 3.40. The fourth-order valence-corrected chi connectivity index (χ4v) is 4.79. The molecule has 1 fully saturated rings. The van der Waals surface area contributed by atoms with Crippen molar-refractivity contribution in [2.24, 2.45) is 0 Å². The zero-order chi connectivity index (χ0) is 22.5. The molecule has 1 aliphatic carbocycles. The van der Waals surface area contributed by atoms with E-state index in [0.29, 0.717) is 16.9 Å². The molecule has 0 spiro atoms. The molecule has 0 radical (unpaired) electrons. The Bertz CT molecular complexity index is 1150. The summed E-state index contributed by atoms with van der Waals surface area (Å²) in [6.07, 6.45) is 8.14. The van der Waals surface area contributed by atoms with Crippen LogP contribution in [0.25, 0.3) is 10.9 Å². The second-order valence-electron chi connectivity index (χ2n) is 8.57. The third kappa shape index (κ3) is 5.45. The molecule has 0 aliphatic heterocycles. The quantitative estimate of drug-likeness (QED) is 0.502. The SMILES string of the molecule is CN(Cc1ccccc1NC(=O)CCn1cnc2ccc(Br)cc2c1=O)C1CCCCC1. The molecule has 1 amide bonds. The molecule has 1 aliphatic rings. The lowest BCUT2D eigenvalue weighted by Gasteiger charge is -2.31. The molecule has 1 N–H and O–H groups in total. The number of hydrogen-bond donors (Lipinski definition) is 1. The normalized spacial score (nSPS) is 14.7. The number of nitrogens with zero attached hydrogens (tertiary/aromatic N) is 3. The lowest BCUT2D eigenvalue weighted by atomic mass is 9.94. The van der Waals surface area contributed by atoms with Gasteiger partial charge < -0.3 is 5.32 Å². The molecule has 168 valence electrons. The van der Waals surface area contributed by atoms with Crippen molar-refractivity contribution in [3.05, 3.63) is 69.2 Å². The first-order chi connectivity index (χ1) is 15.5. The average Bonchev–Trinajstić information content (AvgIpc) is 2.81. The van der Waals surface area contributed by atoms with Crippen LogP contribution in [-0.2, 0) is 17.9 Å². The first-order valence-electron chi connectivity index (χ1n) is 11.2. The van der Waals surface area contributed by atoms with Crippen LogP contribution in [-0.4, -0.2) is 33.4 Å². The van der Waals surface area contributed by atoms with Gasteiger partial charge >= 0.3 is 0 Å². The van der Waals surface area contributed by atoms with Crippen molar-refractivity contribution in [2.75, 3.05) is 12.4 Å². The molecule has 0 saturated heterocycles. The summed E-state index contributed by atoms with van der Waals surface area (Å²) in [5.74, 6) is -0.112. The summed E-state index contributed by atoms with van der Waals surface area (Å²) in [5.41, 5.74) is 2.46. The van der Waals surface area contributed by atoms with Crippen LogP contribution in [0.1, 0.15) is 44.1 Å². The Morgan fingerprint density at radius 1 is 1.19 bits per heavy atom. The van der Waals surface area contributed by atoms with Crippen LogP contribution in [0.2, 0.25) is 0 Å². The molecule has 32 heavy (non-hydrogen) atoms. The van der Waals surface area contributed by atoms with Gasteiger partial charge in [-0.1, -0.05) is 53.4 Å². The van der Waals surface area contributed by atoms with Gasteiger partial charge in [0.2, 0.25) is 5.91 Å². The van der Waals surface area contributed by atoms with Gasteiger partial charge in [-0.15, -0.1) is 0 Å². The van der Waals surface area contributed by atoms with Crippen molar-refractivity contribution < 1.29 is 4.79 Å². The minimum atomic E-state index is -0.140. The zero-order valence-corrected chi connectivity index (χ0v) is 20.0. The molecule has 1 heterocycles. The van der Waals surface area contributed by atoms with Crippen LogP contribution in [0.3, 0.4) is 0 Å². The third-order valence-electron chi connectivity index (χ3n) is 6.28.